The van der Waals surface area contributed by atoms with Gasteiger partial charge in [-0.05, 0) is 30.9 Å². The van der Waals surface area contributed by atoms with Gasteiger partial charge in [0.1, 0.15) is 22.0 Å². The van der Waals surface area contributed by atoms with Crippen molar-refractivity contribution in [3.8, 4) is 0 Å². The van der Waals surface area contributed by atoms with Crippen molar-refractivity contribution >= 4 is 33.0 Å². The Morgan fingerprint density at radius 1 is 0.673 bits per heavy atom. The highest BCUT2D eigenvalue weighted by Crippen LogP contribution is 2.29. The quantitative estimate of drug-likeness (QED) is 0.0571. The largest absolute Gasteiger partial charge is 0.243 e. The van der Waals surface area contributed by atoms with E-state index in [4.69, 9.17) is 0 Å². The Labute approximate surface area is 309 Å². The van der Waals surface area contributed by atoms with Gasteiger partial charge in [-0.1, -0.05) is 191 Å². The van der Waals surface area contributed by atoms with E-state index in [-0.39, 0.29) is 0 Å². The van der Waals surface area contributed by atoms with Crippen LogP contribution in [0.3, 0.4) is 0 Å². The molecule has 1 aromatic rings. The Morgan fingerprint density at radius 2 is 1.16 bits per heavy atom. The SMILES string of the molecule is CCCCCCCCCCCCCCS(=O)N(C)NS(=O)C1=CCC(CCCCCCCCCCCC)(NS(=O)Cc2ccccc2)C=C1. The molecule has 282 valence electrons. The normalized spacial score (nSPS) is 18.1. The number of allylic oxidation sites excluding steroid dienone is 1. The molecule has 2 rings (SSSR count). The minimum atomic E-state index is -1.51. The Kier molecular flexibility index (Phi) is 25.8. The molecular weight excluding hydrogens is 667 g/mol. The first-order chi connectivity index (χ1) is 23.9. The van der Waals surface area contributed by atoms with E-state index in [1.165, 1.54) is 120 Å². The van der Waals surface area contributed by atoms with E-state index in [9.17, 15) is 12.6 Å². The lowest BCUT2D eigenvalue weighted by Crippen LogP contribution is -2.46. The fourth-order valence-electron chi connectivity index (χ4n) is 6.44. The lowest BCUT2D eigenvalue weighted by molar-refractivity contribution is 0.418. The molecule has 1 aromatic carbocycles. The number of hydrogen-bond donors (Lipinski definition) is 2. The molecule has 0 fully saturated rings. The minimum Gasteiger partial charge on any atom is -0.243 e. The minimum absolute atomic E-state index is 0.434. The highest BCUT2D eigenvalue weighted by molar-refractivity contribution is 7.88. The van der Waals surface area contributed by atoms with Gasteiger partial charge in [-0.2, -0.15) is 9.25 Å². The topological polar surface area (TPSA) is 78.5 Å². The van der Waals surface area contributed by atoms with Gasteiger partial charge in [-0.15, -0.1) is 0 Å². The third-order valence-electron chi connectivity index (χ3n) is 9.57. The van der Waals surface area contributed by atoms with Crippen molar-refractivity contribution in [1.82, 2.24) is 14.0 Å². The Balaban J connectivity index is 1.75. The van der Waals surface area contributed by atoms with Gasteiger partial charge >= 0.3 is 0 Å². The number of nitrogens with one attached hydrogen (secondary N) is 2. The van der Waals surface area contributed by atoms with Crippen LogP contribution in [0.25, 0.3) is 0 Å². The standard InChI is InChI=1S/C40H71N3O3S3/c1-4-6-8-10-12-14-16-17-19-21-23-28-36-48(45)43(3)42-49(46)39-31-34-40(35-32-39,41-47(44)37-38-29-25-24-26-30-38)33-27-22-20-18-15-13-11-9-7-5-2/h24-26,29-32,34,41-42H,4-23,27-28,33,35-37H2,1-3H3. The van der Waals surface area contributed by atoms with Crippen LogP contribution in [0.2, 0.25) is 0 Å². The number of hydrazine groups is 1. The van der Waals surface area contributed by atoms with Gasteiger partial charge in [-0.3, -0.25) is 0 Å². The predicted molar refractivity (Wildman–Crippen MR) is 216 cm³/mol. The molecule has 0 saturated heterocycles. The summed E-state index contributed by atoms with van der Waals surface area (Å²) in [5.41, 5.74) is 0.611. The van der Waals surface area contributed by atoms with E-state index in [2.05, 4.69) is 29.5 Å². The van der Waals surface area contributed by atoms with Crippen molar-refractivity contribution in [1.29, 1.82) is 0 Å². The van der Waals surface area contributed by atoms with Gasteiger partial charge in [0.2, 0.25) is 0 Å². The third-order valence-corrected chi connectivity index (χ3v) is 13.4. The molecule has 0 aromatic heterocycles. The number of hydrogen-bond acceptors (Lipinski definition) is 3. The second kappa shape index (κ2) is 28.6. The highest BCUT2D eigenvalue weighted by atomic mass is 32.2. The van der Waals surface area contributed by atoms with E-state index >= 15 is 0 Å². The smallest absolute Gasteiger partial charge is 0.139 e. The van der Waals surface area contributed by atoms with Crippen LogP contribution in [0.15, 0.2) is 53.5 Å². The number of unbranched alkanes of at least 4 members (excludes halogenated alkanes) is 20. The number of nitrogens with zero attached hydrogens (tertiary/aromatic N) is 1. The summed E-state index contributed by atoms with van der Waals surface area (Å²) in [6.45, 7) is 4.52. The van der Waals surface area contributed by atoms with Crippen molar-refractivity contribution < 1.29 is 12.6 Å². The summed E-state index contributed by atoms with van der Waals surface area (Å²) < 4.78 is 44.3. The summed E-state index contributed by atoms with van der Waals surface area (Å²) in [6.07, 6.45) is 35.5. The van der Waals surface area contributed by atoms with Crippen molar-refractivity contribution in [2.75, 3.05) is 12.8 Å². The zero-order valence-corrected chi connectivity index (χ0v) is 33.8. The summed E-state index contributed by atoms with van der Waals surface area (Å²) in [4.78, 5) is 3.61. The monoisotopic (exact) mass is 737 g/mol. The second-order valence-electron chi connectivity index (χ2n) is 14.1. The van der Waals surface area contributed by atoms with Crippen LogP contribution < -0.4 is 9.55 Å². The molecule has 49 heavy (non-hydrogen) atoms. The molecule has 0 amide bonds. The molecule has 0 heterocycles. The first-order valence-electron chi connectivity index (χ1n) is 19.8. The van der Waals surface area contributed by atoms with Crippen LogP contribution in [0.1, 0.15) is 174 Å². The van der Waals surface area contributed by atoms with Gasteiger partial charge in [-0.25, -0.2) is 17.3 Å². The molecule has 1 aliphatic carbocycles. The molecule has 0 bridgehead atoms. The number of rotatable bonds is 32. The zero-order chi connectivity index (χ0) is 35.4. The first kappa shape index (κ1) is 44.2. The van der Waals surface area contributed by atoms with Crippen molar-refractivity contribution in [2.45, 2.75) is 179 Å². The van der Waals surface area contributed by atoms with Crippen LogP contribution in [0, 0.1) is 0 Å². The highest BCUT2D eigenvalue weighted by Gasteiger charge is 2.31. The predicted octanol–water partition coefficient (Wildman–Crippen LogP) is 10.8. The van der Waals surface area contributed by atoms with E-state index in [0.717, 1.165) is 37.7 Å². The molecule has 0 saturated carbocycles. The van der Waals surface area contributed by atoms with Gasteiger partial charge in [0.25, 0.3) is 0 Å². The van der Waals surface area contributed by atoms with E-state index in [0.29, 0.717) is 22.8 Å². The van der Waals surface area contributed by atoms with Crippen LogP contribution in [0.4, 0.5) is 0 Å². The van der Waals surface area contributed by atoms with Crippen molar-refractivity contribution in [2.24, 2.45) is 0 Å². The van der Waals surface area contributed by atoms with Crippen molar-refractivity contribution in [3.63, 3.8) is 0 Å². The maximum atomic E-state index is 13.3. The van der Waals surface area contributed by atoms with Crippen LogP contribution >= 0.6 is 0 Å². The van der Waals surface area contributed by atoms with Crippen LogP contribution in [0.5, 0.6) is 0 Å². The molecule has 9 heteroatoms. The lowest BCUT2D eigenvalue weighted by atomic mass is 9.86. The van der Waals surface area contributed by atoms with Crippen molar-refractivity contribution in [3.05, 3.63) is 59.0 Å². The third kappa shape index (κ3) is 21.2. The summed E-state index contributed by atoms with van der Waals surface area (Å²) in [6, 6.07) is 9.95. The summed E-state index contributed by atoms with van der Waals surface area (Å²) in [7, 11) is -2.27. The molecule has 1 aliphatic rings. The van der Waals surface area contributed by atoms with Crippen LogP contribution in [-0.2, 0) is 38.7 Å². The Bertz CT molecular complexity index is 1110. The Morgan fingerprint density at radius 3 is 1.65 bits per heavy atom. The summed E-state index contributed by atoms with van der Waals surface area (Å²) >= 11 is 0. The van der Waals surface area contributed by atoms with E-state index in [1.54, 1.807) is 7.05 Å². The molecule has 2 N–H and O–H groups in total. The molecule has 4 atom stereocenters. The average Bonchev–Trinajstić information content (AvgIpc) is 3.10. The average molecular weight is 738 g/mol. The Hall–Kier alpha value is -0.970. The molecule has 6 nitrogen and oxygen atoms in total. The van der Waals surface area contributed by atoms with Gasteiger partial charge in [0.15, 0.2) is 0 Å². The number of benzene rings is 1. The van der Waals surface area contributed by atoms with Gasteiger partial charge in [0.05, 0.1) is 27.2 Å². The van der Waals surface area contributed by atoms with E-state index in [1.807, 2.05) is 42.5 Å². The molecular formula is C40H71N3O3S3. The van der Waals surface area contributed by atoms with Gasteiger partial charge < -0.3 is 0 Å². The lowest BCUT2D eigenvalue weighted by Gasteiger charge is -2.33. The zero-order valence-electron chi connectivity index (χ0n) is 31.4. The van der Waals surface area contributed by atoms with Crippen LogP contribution in [-0.4, -0.2) is 35.4 Å². The second-order valence-corrected chi connectivity index (χ2v) is 18.1. The fourth-order valence-corrected chi connectivity index (χ4v) is 9.74. The molecule has 0 radical (unpaired) electrons. The first-order valence-corrected chi connectivity index (χ1v) is 23.5. The summed E-state index contributed by atoms with van der Waals surface area (Å²) in [5.74, 6) is 1.03. The summed E-state index contributed by atoms with van der Waals surface area (Å²) in [5, 5.41) is 0. The maximum absolute atomic E-state index is 13.3. The van der Waals surface area contributed by atoms with Gasteiger partial charge in [0, 0.05) is 12.8 Å². The fraction of sp³-hybridized carbons (Fsp3) is 0.750. The molecule has 0 spiro atoms. The molecule has 0 aliphatic heterocycles. The maximum Gasteiger partial charge on any atom is 0.139 e. The van der Waals surface area contributed by atoms with E-state index < -0.39 is 38.5 Å². The molecule has 4 unspecified atom stereocenters.